The van der Waals surface area contributed by atoms with Crippen LogP contribution in [0.5, 0.6) is 5.75 Å². The first-order chi connectivity index (χ1) is 13.6. The van der Waals surface area contributed by atoms with E-state index in [4.69, 9.17) is 21.4 Å². The quantitative estimate of drug-likeness (QED) is 0.554. The molecule has 142 valence electrons. The second kappa shape index (κ2) is 6.83. The molecule has 0 saturated heterocycles. The Labute approximate surface area is 173 Å². The van der Waals surface area contributed by atoms with Crippen molar-refractivity contribution in [3.05, 3.63) is 81.0 Å². The number of halogens is 1. The lowest BCUT2D eigenvalue weighted by atomic mass is 9.97. The highest BCUT2D eigenvalue weighted by Crippen LogP contribution is 2.48. The molecule has 3 aromatic rings. The molecule has 4 nitrogen and oxygen atoms in total. The summed E-state index contributed by atoms with van der Waals surface area (Å²) in [5.41, 5.74) is 4.45. The van der Waals surface area contributed by atoms with Crippen LogP contribution >= 0.6 is 22.9 Å². The van der Waals surface area contributed by atoms with Crippen LogP contribution in [0.3, 0.4) is 0 Å². The largest absolute Gasteiger partial charge is 0.464 e. The molecule has 0 N–H and O–H groups in total. The molecule has 2 atom stereocenters. The summed E-state index contributed by atoms with van der Waals surface area (Å²) < 4.78 is 6.40. The number of rotatable bonds is 3. The van der Waals surface area contributed by atoms with Crippen LogP contribution in [0.1, 0.15) is 34.7 Å². The van der Waals surface area contributed by atoms with E-state index in [0.717, 1.165) is 39.7 Å². The fourth-order valence-corrected chi connectivity index (χ4v) is 4.71. The molecule has 2 aliphatic heterocycles. The van der Waals surface area contributed by atoms with E-state index in [1.165, 1.54) is 4.88 Å². The number of hydrazone groups is 1. The summed E-state index contributed by atoms with van der Waals surface area (Å²) in [5, 5.41) is 9.89. The van der Waals surface area contributed by atoms with Crippen molar-refractivity contribution in [1.82, 2.24) is 5.01 Å². The van der Waals surface area contributed by atoms with Crippen molar-refractivity contribution in [3.8, 4) is 5.75 Å². The maximum Gasteiger partial charge on any atom is 0.213 e. The van der Waals surface area contributed by atoms with Crippen molar-refractivity contribution in [2.45, 2.75) is 18.7 Å². The van der Waals surface area contributed by atoms with Gasteiger partial charge in [-0.1, -0.05) is 29.8 Å². The Balaban J connectivity index is 1.57. The molecular formula is C22H20ClN3OS. The SMILES string of the molecule is CN(C)c1ccc([C@@H]2Oc3ccc(Cl)cc3[C@@H]3CC(c4cccs4)=NN32)cc1. The normalized spacial score (nSPS) is 20.2. The number of anilines is 1. The average Bonchev–Trinajstić information content (AvgIpc) is 3.37. The van der Waals surface area contributed by atoms with Crippen LogP contribution in [0, 0.1) is 0 Å². The zero-order valence-electron chi connectivity index (χ0n) is 15.7. The Kier molecular flexibility index (Phi) is 4.29. The van der Waals surface area contributed by atoms with Gasteiger partial charge in [-0.25, -0.2) is 5.01 Å². The monoisotopic (exact) mass is 409 g/mol. The van der Waals surface area contributed by atoms with E-state index in [1.807, 2.05) is 32.3 Å². The molecule has 0 saturated carbocycles. The van der Waals surface area contributed by atoms with Gasteiger partial charge in [-0.2, -0.15) is 5.10 Å². The van der Waals surface area contributed by atoms with Crippen molar-refractivity contribution < 1.29 is 4.74 Å². The van der Waals surface area contributed by atoms with Gasteiger partial charge in [-0.05, 0) is 41.8 Å². The Bertz CT molecular complexity index is 1030. The summed E-state index contributed by atoms with van der Waals surface area (Å²) in [5.74, 6) is 0.884. The highest BCUT2D eigenvalue weighted by molar-refractivity contribution is 7.12. The lowest BCUT2D eigenvalue weighted by Gasteiger charge is -2.38. The van der Waals surface area contributed by atoms with Crippen LogP contribution < -0.4 is 9.64 Å². The third-order valence-corrected chi connectivity index (χ3v) is 6.41. The molecule has 2 aromatic carbocycles. The molecule has 0 aliphatic carbocycles. The van der Waals surface area contributed by atoms with E-state index in [1.54, 1.807) is 11.3 Å². The molecule has 0 fully saturated rings. The van der Waals surface area contributed by atoms with E-state index in [2.05, 4.69) is 51.7 Å². The van der Waals surface area contributed by atoms with E-state index in [9.17, 15) is 0 Å². The Morgan fingerprint density at radius 2 is 1.96 bits per heavy atom. The number of nitrogens with zero attached hydrogens (tertiary/aromatic N) is 3. The van der Waals surface area contributed by atoms with E-state index >= 15 is 0 Å². The van der Waals surface area contributed by atoms with Gasteiger partial charge in [0.15, 0.2) is 0 Å². The lowest BCUT2D eigenvalue weighted by molar-refractivity contribution is -0.0190. The third-order valence-electron chi connectivity index (χ3n) is 5.25. The molecule has 28 heavy (non-hydrogen) atoms. The zero-order chi connectivity index (χ0) is 19.3. The summed E-state index contributed by atoms with van der Waals surface area (Å²) >= 11 is 8.01. The molecule has 0 unspecified atom stereocenters. The van der Waals surface area contributed by atoms with Gasteiger partial charge >= 0.3 is 0 Å². The number of fused-ring (bicyclic) bond motifs is 3. The van der Waals surface area contributed by atoms with Crippen LogP contribution in [0.4, 0.5) is 5.69 Å². The Hall–Kier alpha value is -2.50. The first-order valence-corrected chi connectivity index (χ1v) is 10.5. The van der Waals surface area contributed by atoms with Crippen molar-refractivity contribution >= 4 is 34.3 Å². The fourth-order valence-electron chi connectivity index (χ4n) is 3.81. The smallest absolute Gasteiger partial charge is 0.213 e. The van der Waals surface area contributed by atoms with Gasteiger partial charge in [-0.3, -0.25) is 0 Å². The summed E-state index contributed by atoms with van der Waals surface area (Å²) in [6.45, 7) is 0. The minimum absolute atomic E-state index is 0.123. The van der Waals surface area contributed by atoms with Gasteiger partial charge in [0.05, 0.1) is 16.6 Å². The molecule has 1 aromatic heterocycles. The molecule has 0 bridgehead atoms. The van der Waals surface area contributed by atoms with E-state index < -0.39 is 0 Å². The van der Waals surface area contributed by atoms with Crippen LogP contribution in [0.2, 0.25) is 5.02 Å². The van der Waals surface area contributed by atoms with Crippen LogP contribution in [0.25, 0.3) is 0 Å². The van der Waals surface area contributed by atoms with Crippen LogP contribution in [-0.2, 0) is 0 Å². The van der Waals surface area contributed by atoms with Gasteiger partial charge in [0.1, 0.15) is 5.75 Å². The maximum atomic E-state index is 6.40. The Morgan fingerprint density at radius 1 is 1.14 bits per heavy atom. The third kappa shape index (κ3) is 2.95. The topological polar surface area (TPSA) is 28.1 Å². The fraction of sp³-hybridized carbons (Fsp3) is 0.227. The maximum absolute atomic E-state index is 6.40. The second-order valence-corrected chi connectivity index (χ2v) is 8.65. The van der Waals surface area contributed by atoms with E-state index in [0.29, 0.717) is 0 Å². The molecular weight excluding hydrogens is 390 g/mol. The van der Waals surface area contributed by atoms with Crippen molar-refractivity contribution in [2.24, 2.45) is 5.10 Å². The van der Waals surface area contributed by atoms with Crippen molar-refractivity contribution in [2.75, 3.05) is 19.0 Å². The molecule has 0 radical (unpaired) electrons. The molecule has 0 amide bonds. The summed E-state index contributed by atoms with van der Waals surface area (Å²) in [6.07, 6.45) is 0.594. The molecule has 0 spiro atoms. The summed E-state index contributed by atoms with van der Waals surface area (Å²) in [6, 6.07) is 18.7. The standard InChI is InChI=1S/C22H20ClN3OS/c1-25(2)16-8-5-14(6-9-16)22-26-19(13-18(24-26)21-4-3-11-28-21)17-12-15(23)7-10-20(17)27-22/h3-12,19,22H,13H2,1-2H3/t19-,22-/m0/s1. The molecule has 5 rings (SSSR count). The summed E-state index contributed by atoms with van der Waals surface area (Å²) in [4.78, 5) is 3.30. The number of thiophene rings is 1. The number of benzene rings is 2. The van der Waals surface area contributed by atoms with Crippen molar-refractivity contribution in [1.29, 1.82) is 0 Å². The highest BCUT2D eigenvalue weighted by atomic mass is 35.5. The average molecular weight is 410 g/mol. The summed E-state index contributed by atoms with van der Waals surface area (Å²) in [7, 11) is 4.08. The highest BCUT2D eigenvalue weighted by Gasteiger charge is 2.41. The van der Waals surface area contributed by atoms with Crippen LogP contribution in [-0.4, -0.2) is 24.8 Å². The number of hydrogen-bond donors (Lipinski definition) is 0. The Morgan fingerprint density at radius 3 is 2.68 bits per heavy atom. The van der Waals surface area contributed by atoms with Gasteiger partial charge in [0.25, 0.3) is 0 Å². The zero-order valence-corrected chi connectivity index (χ0v) is 17.2. The first kappa shape index (κ1) is 17.6. The van der Waals surface area contributed by atoms with E-state index in [-0.39, 0.29) is 12.3 Å². The predicted octanol–water partition coefficient (Wildman–Crippen LogP) is 5.71. The minimum atomic E-state index is -0.257. The van der Waals surface area contributed by atoms with Gasteiger partial charge in [0, 0.05) is 42.4 Å². The molecule has 2 aliphatic rings. The minimum Gasteiger partial charge on any atom is -0.464 e. The van der Waals surface area contributed by atoms with Gasteiger partial charge in [-0.15, -0.1) is 11.3 Å². The first-order valence-electron chi connectivity index (χ1n) is 9.23. The van der Waals surface area contributed by atoms with Crippen LogP contribution in [0.15, 0.2) is 65.1 Å². The molecule has 6 heteroatoms. The van der Waals surface area contributed by atoms with Gasteiger partial charge < -0.3 is 9.64 Å². The molecule has 3 heterocycles. The van der Waals surface area contributed by atoms with Crippen molar-refractivity contribution in [3.63, 3.8) is 0 Å². The number of hydrogen-bond acceptors (Lipinski definition) is 5. The predicted molar refractivity (Wildman–Crippen MR) is 116 cm³/mol. The second-order valence-electron chi connectivity index (χ2n) is 7.26. The van der Waals surface area contributed by atoms with Gasteiger partial charge in [0.2, 0.25) is 6.23 Å². The number of ether oxygens (including phenoxy) is 1. The lowest BCUT2D eigenvalue weighted by Crippen LogP contribution is -2.33.